The second-order valence-corrected chi connectivity index (χ2v) is 8.97. The molecule has 0 aliphatic carbocycles. The Labute approximate surface area is 177 Å². The molecule has 0 fully saturated rings. The van der Waals surface area contributed by atoms with Gasteiger partial charge in [0.1, 0.15) is 11.8 Å². The van der Waals surface area contributed by atoms with Crippen molar-refractivity contribution in [2.75, 3.05) is 24.2 Å². The number of hydrogen-bond acceptors (Lipinski definition) is 4. The number of carbonyl (C=O) groups excluding carboxylic acids is 1. The normalized spacial score (nSPS) is 12.3. The molecule has 29 heavy (non-hydrogen) atoms. The Hall–Kier alpha value is -2.25. The van der Waals surface area contributed by atoms with Crippen LogP contribution in [0.5, 0.6) is 5.75 Å². The van der Waals surface area contributed by atoms with Gasteiger partial charge >= 0.3 is 0 Å². The van der Waals surface area contributed by atoms with E-state index in [1.54, 1.807) is 38.3 Å². The Kier molecular flexibility index (Phi) is 8.34. The number of carbonyl (C=O) groups is 1. The molecule has 0 unspecified atom stereocenters. The first-order chi connectivity index (χ1) is 13.8. The van der Waals surface area contributed by atoms with Gasteiger partial charge in [0.25, 0.3) is 0 Å². The molecule has 0 aliphatic rings. The monoisotopic (exact) mass is 438 g/mol. The smallest absolute Gasteiger partial charge is 0.243 e. The third-order valence-electron chi connectivity index (χ3n) is 4.51. The summed E-state index contributed by atoms with van der Waals surface area (Å²) >= 11 is 6.02. The lowest BCUT2D eigenvalue weighted by atomic mass is 10.1. The van der Waals surface area contributed by atoms with Gasteiger partial charge in [0.15, 0.2) is 0 Å². The molecule has 0 aliphatic heterocycles. The molecule has 1 N–H and O–H groups in total. The molecule has 1 atom stereocenters. The van der Waals surface area contributed by atoms with Gasteiger partial charge in [-0.2, -0.15) is 0 Å². The van der Waals surface area contributed by atoms with E-state index in [2.05, 4.69) is 5.32 Å². The van der Waals surface area contributed by atoms with Crippen LogP contribution in [0.2, 0.25) is 5.02 Å². The molecule has 6 nitrogen and oxygen atoms in total. The van der Waals surface area contributed by atoms with Crippen molar-refractivity contribution in [3.05, 3.63) is 59.1 Å². The number of sulfonamides is 1. The summed E-state index contributed by atoms with van der Waals surface area (Å²) in [5.74, 6) is 0.479. The number of nitrogens with one attached hydrogen (secondary N) is 1. The zero-order chi connectivity index (χ0) is 21.4. The first-order valence-corrected chi connectivity index (χ1v) is 11.6. The summed E-state index contributed by atoms with van der Waals surface area (Å²) in [7, 11) is -2.05. The van der Waals surface area contributed by atoms with Gasteiger partial charge in [0.05, 0.1) is 19.1 Å². The molecular formula is C21H27ClN2O4S. The van der Waals surface area contributed by atoms with Crippen LogP contribution >= 0.6 is 11.6 Å². The molecule has 0 spiro atoms. The van der Waals surface area contributed by atoms with Crippen molar-refractivity contribution in [2.24, 2.45) is 0 Å². The number of ether oxygens (including phenoxy) is 1. The van der Waals surface area contributed by atoms with E-state index in [0.717, 1.165) is 28.3 Å². The van der Waals surface area contributed by atoms with Gasteiger partial charge in [-0.1, -0.05) is 42.8 Å². The third kappa shape index (κ3) is 6.37. The van der Waals surface area contributed by atoms with Crippen molar-refractivity contribution in [3.63, 3.8) is 0 Å². The number of anilines is 1. The number of halogens is 1. The highest BCUT2D eigenvalue weighted by molar-refractivity contribution is 7.92. The highest BCUT2D eigenvalue weighted by Crippen LogP contribution is 2.25. The molecule has 0 saturated carbocycles. The fourth-order valence-corrected chi connectivity index (χ4v) is 4.58. The van der Waals surface area contributed by atoms with Gasteiger partial charge in [0, 0.05) is 11.6 Å². The lowest BCUT2D eigenvalue weighted by Gasteiger charge is -2.30. The van der Waals surface area contributed by atoms with E-state index < -0.39 is 16.1 Å². The molecule has 8 heteroatoms. The Morgan fingerprint density at radius 2 is 1.93 bits per heavy atom. The Morgan fingerprint density at radius 3 is 2.55 bits per heavy atom. The van der Waals surface area contributed by atoms with E-state index in [1.807, 2.05) is 24.3 Å². The minimum Gasteiger partial charge on any atom is -0.496 e. The molecule has 158 valence electrons. The number of amides is 1. The topological polar surface area (TPSA) is 75.7 Å². The van der Waals surface area contributed by atoms with Gasteiger partial charge in [0.2, 0.25) is 15.9 Å². The van der Waals surface area contributed by atoms with Gasteiger partial charge < -0.3 is 10.1 Å². The van der Waals surface area contributed by atoms with Crippen LogP contribution in [-0.4, -0.2) is 40.3 Å². The van der Waals surface area contributed by atoms with E-state index in [0.29, 0.717) is 30.1 Å². The Morgan fingerprint density at radius 1 is 1.21 bits per heavy atom. The average Bonchev–Trinajstić information content (AvgIpc) is 2.68. The number of methoxy groups -OCH3 is 1. The zero-order valence-electron chi connectivity index (χ0n) is 16.9. The number of rotatable bonds is 10. The number of nitrogens with zero attached hydrogens (tertiary/aromatic N) is 1. The minimum atomic E-state index is -3.68. The molecule has 0 saturated heterocycles. The molecule has 1 amide bonds. The lowest BCUT2D eigenvalue weighted by Crippen LogP contribution is -2.49. The Balaban J connectivity index is 2.06. The highest BCUT2D eigenvalue weighted by Gasteiger charge is 2.31. The Bertz CT molecular complexity index is 934. The van der Waals surface area contributed by atoms with E-state index >= 15 is 0 Å². The van der Waals surface area contributed by atoms with Crippen LogP contribution in [0.15, 0.2) is 48.5 Å². The van der Waals surface area contributed by atoms with Gasteiger partial charge in [-0.3, -0.25) is 9.10 Å². The zero-order valence-corrected chi connectivity index (χ0v) is 18.5. The highest BCUT2D eigenvalue weighted by atomic mass is 35.5. The predicted molar refractivity (Wildman–Crippen MR) is 117 cm³/mol. The summed E-state index contributed by atoms with van der Waals surface area (Å²) in [5, 5.41) is 3.27. The summed E-state index contributed by atoms with van der Waals surface area (Å²) in [6.45, 7) is 2.21. The SMILES string of the molecule is CC[C@H](C(=O)NCCCc1ccccc1OC)N(c1cccc(Cl)c1)S(C)(=O)=O. The van der Waals surface area contributed by atoms with Crippen molar-refractivity contribution >= 4 is 33.2 Å². The van der Waals surface area contributed by atoms with Crippen molar-refractivity contribution in [2.45, 2.75) is 32.2 Å². The summed E-state index contributed by atoms with van der Waals surface area (Å²) < 4.78 is 31.3. The second-order valence-electron chi connectivity index (χ2n) is 6.67. The predicted octanol–water partition coefficient (Wildman–Crippen LogP) is 3.64. The maximum Gasteiger partial charge on any atom is 0.243 e. The summed E-state index contributed by atoms with van der Waals surface area (Å²) in [6, 6.07) is 13.4. The van der Waals surface area contributed by atoms with Crippen molar-refractivity contribution in [1.29, 1.82) is 0 Å². The van der Waals surface area contributed by atoms with Crippen LogP contribution in [0.3, 0.4) is 0 Å². The minimum absolute atomic E-state index is 0.331. The average molecular weight is 439 g/mol. The standard InChI is InChI=1S/C21H27ClN2O4S/c1-4-19(24(29(3,26)27)18-12-7-11-17(22)15-18)21(25)23-14-8-10-16-9-5-6-13-20(16)28-2/h5-7,9,11-13,15,19H,4,8,10,14H2,1-3H3,(H,23,25)/t19-/m1/s1. The summed E-state index contributed by atoms with van der Waals surface area (Å²) in [4.78, 5) is 12.8. The van der Waals surface area contributed by atoms with Gasteiger partial charge in [-0.15, -0.1) is 0 Å². The molecule has 0 aromatic heterocycles. The van der Waals surface area contributed by atoms with Crippen molar-refractivity contribution in [1.82, 2.24) is 5.32 Å². The van der Waals surface area contributed by atoms with Crippen LogP contribution in [0.25, 0.3) is 0 Å². The largest absolute Gasteiger partial charge is 0.496 e. The molecule has 2 rings (SSSR count). The third-order valence-corrected chi connectivity index (χ3v) is 5.92. The summed E-state index contributed by atoms with van der Waals surface area (Å²) in [5.41, 5.74) is 1.43. The number of benzene rings is 2. The summed E-state index contributed by atoms with van der Waals surface area (Å²) in [6.07, 6.45) is 2.87. The van der Waals surface area contributed by atoms with E-state index in [4.69, 9.17) is 16.3 Å². The fourth-order valence-electron chi connectivity index (χ4n) is 3.19. The number of hydrogen-bond donors (Lipinski definition) is 1. The molecular weight excluding hydrogens is 412 g/mol. The molecule has 0 radical (unpaired) electrons. The molecule has 0 heterocycles. The van der Waals surface area contributed by atoms with Gasteiger partial charge in [-0.25, -0.2) is 8.42 Å². The number of aryl methyl sites for hydroxylation is 1. The van der Waals surface area contributed by atoms with Crippen molar-refractivity contribution in [3.8, 4) is 5.75 Å². The molecule has 0 bridgehead atoms. The van der Waals surface area contributed by atoms with E-state index in [-0.39, 0.29) is 5.91 Å². The first kappa shape index (κ1) is 23.0. The van der Waals surface area contributed by atoms with Crippen LogP contribution in [0, 0.1) is 0 Å². The fraction of sp³-hybridized carbons (Fsp3) is 0.381. The second kappa shape index (κ2) is 10.5. The number of para-hydroxylation sites is 1. The molecule has 2 aromatic carbocycles. The van der Waals surface area contributed by atoms with Crippen LogP contribution < -0.4 is 14.4 Å². The maximum atomic E-state index is 12.8. The lowest BCUT2D eigenvalue weighted by molar-refractivity contribution is -0.122. The van der Waals surface area contributed by atoms with Crippen LogP contribution in [0.4, 0.5) is 5.69 Å². The van der Waals surface area contributed by atoms with Crippen LogP contribution in [0.1, 0.15) is 25.3 Å². The first-order valence-electron chi connectivity index (χ1n) is 9.42. The maximum absolute atomic E-state index is 12.8. The van der Waals surface area contributed by atoms with Crippen molar-refractivity contribution < 1.29 is 17.9 Å². The van der Waals surface area contributed by atoms with Crippen LogP contribution in [-0.2, 0) is 21.2 Å². The van der Waals surface area contributed by atoms with Gasteiger partial charge in [-0.05, 0) is 49.1 Å². The van der Waals surface area contributed by atoms with E-state index in [9.17, 15) is 13.2 Å². The quantitative estimate of drug-likeness (QED) is 0.574. The molecule has 2 aromatic rings. The van der Waals surface area contributed by atoms with E-state index in [1.165, 1.54) is 0 Å².